The molecule has 0 heterocycles. The van der Waals surface area contributed by atoms with E-state index in [0.29, 0.717) is 5.56 Å². The van der Waals surface area contributed by atoms with Crippen molar-refractivity contribution in [1.82, 2.24) is 5.32 Å². The monoisotopic (exact) mass is 504 g/mol. The van der Waals surface area contributed by atoms with E-state index in [1.165, 1.54) is 0 Å². The average Bonchev–Trinajstić information content (AvgIpc) is 2.90. The summed E-state index contributed by atoms with van der Waals surface area (Å²) in [6, 6.07) is 19.6. The molecule has 198 valence electrons. The minimum atomic E-state index is -1.05. The van der Waals surface area contributed by atoms with Gasteiger partial charge in [0, 0.05) is 30.3 Å². The fraction of sp³-hybridized carbons (Fsp3) is 0.323. The lowest BCUT2D eigenvalue weighted by atomic mass is 9.96. The fourth-order valence-corrected chi connectivity index (χ4v) is 3.70. The molecule has 37 heavy (non-hydrogen) atoms. The van der Waals surface area contributed by atoms with Crippen LogP contribution in [0.5, 0.6) is 0 Å². The number of carbonyl (C=O) groups excluding carboxylic acids is 2. The van der Waals surface area contributed by atoms with Gasteiger partial charge in [0.1, 0.15) is 6.04 Å². The SMILES string of the molecule is CC.CNc1ccc(CC(NC(=O)c2ccccc2C(C)C)C(=O)O)cc1.Cc1cccc(C)c1C=O. The molecule has 0 saturated carbocycles. The Kier molecular flexibility index (Phi) is 13.4. The van der Waals surface area contributed by atoms with Gasteiger partial charge in [-0.05, 0) is 60.2 Å². The van der Waals surface area contributed by atoms with Crippen molar-refractivity contribution in [2.75, 3.05) is 12.4 Å². The van der Waals surface area contributed by atoms with Crippen LogP contribution >= 0.6 is 0 Å². The number of carboxylic acids is 1. The highest BCUT2D eigenvalue weighted by Crippen LogP contribution is 2.19. The predicted molar refractivity (Wildman–Crippen MR) is 152 cm³/mol. The molecule has 0 aliphatic rings. The zero-order chi connectivity index (χ0) is 28.0. The molecule has 3 aromatic rings. The third-order valence-electron chi connectivity index (χ3n) is 5.77. The van der Waals surface area contributed by atoms with Crippen LogP contribution in [-0.2, 0) is 11.2 Å². The summed E-state index contributed by atoms with van der Waals surface area (Å²) < 4.78 is 0. The van der Waals surface area contributed by atoms with Crippen LogP contribution in [0.15, 0.2) is 66.7 Å². The number of nitrogens with one attached hydrogen (secondary N) is 2. The molecular weight excluding hydrogens is 464 g/mol. The Morgan fingerprint density at radius 3 is 1.92 bits per heavy atom. The molecule has 0 saturated heterocycles. The molecule has 0 spiro atoms. The number of anilines is 1. The number of aryl methyl sites for hydroxylation is 2. The first kappa shape index (κ1) is 31.1. The smallest absolute Gasteiger partial charge is 0.326 e. The second kappa shape index (κ2) is 15.9. The van der Waals surface area contributed by atoms with Gasteiger partial charge in [0.2, 0.25) is 0 Å². The highest BCUT2D eigenvalue weighted by atomic mass is 16.4. The Hall–Kier alpha value is -3.93. The number of amides is 1. The highest BCUT2D eigenvalue weighted by Gasteiger charge is 2.22. The van der Waals surface area contributed by atoms with Crippen molar-refractivity contribution in [3.8, 4) is 0 Å². The maximum absolute atomic E-state index is 12.6. The Bertz CT molecular complexity index is 1130. The Labute approximate surface area is 221 Å². The van der Waals surface area contributed by atoms with Crippen molar-refractivity contribution in [2.45, 2.75) is 59.9 Å². The molecule has 1 unspecified atom stereocenters. The lowest BCUT2D eigenvalue weighted by Crippen LogP contribution is -2.42. The third-order valence-corrected chi connectivity index (χ3v) is 5.77. The number of rotatable bonds is 8. The molecule has 3 rings (SSSR count). The van der Waals surface area contributed by atoms with Crippen molar-refractivity contribution >= 4 is 23.9 Å². The van der Waals surface area contributed by atoms with Gasteiger partial charge in [-0.3, -0.25) is 9.59 Å². The molecular formula is C31H40N2O4. The lowest BCUT2D eigenvalue weighted by Gasteiger charge is -2.17. The first-order valence-corrected chi connectivity index (χ1v) is 12.6. The second-order valence-electron chi connectivity index (χ2n) is 8.68. The van der Waals surface area contributed by atoms with Crippen molar-refractivity contribution < 1.29 is 19.5 Å². The summed E-state index contributed by atoms with van der Waals surface area (Å²) in [5.41, 5.74) is 6.15. The van der Waals surface area contributed by atoms with Gasteiger partial charge in [-0.2, -0.15) is 0 Å². The number of hydrogen-bond acceptors (Lipinski definition) is 4. The topological polar surface area (TPSA) is 95.5 Å². The number of aliphatic carboxylic acids is 1. The molecule has 1 atom stereocenters. The molecule has 0 aromatic heterocycles. The van der Waals surface area contributed by atoms with E-state index in [1.54, 1.807) is 12.1 Å². The summed E-state index contributed by atoms with van der Waals surface area (Å²) in [7, 11) is 1.82. The van der Waals surface area contributed by atoms with Gasteiger partial charge in [-0.1, -0.05) is 76.2 Å². The summed E-state index contributed by atoms with van der Waals surface area (Å²) in [5, 5.41) is 15.1. The van der Waals surface area contributed by atoms with Crippen LogP contribution in [0.25, 0.3) is 0 Å². The van der Waals surface area contributed by atoms with Crippen molar-refractivity contribution in [3.05, 3.63) is 100 Å². The average molecular weight is 505 g/mol. The summed E-state index contributed by atoms with van der Waals surface area (Å²) in [6.07, 6.45) is 1.14. The van der Waals surface area contributed by atoms with Gasteiger partial charge in [0.15, 0.2) is 6.29 Å². The zero-order valence-corrected chi connectivity index (χ0v) is 23.0. The fourth-order valence-electron chi connectivity index (χ4n) is 3.70. The van der Waals surface area contributed by atoms with E-state index in [4.69, 9.17) is 0 Å². The van der Waals surface area contributed by atoms with Crippen LogP contribution in [0.2, 0.25) is 0 Å². The van der Waals surface area contributed by atoms with E-state index >= 15 is 0 Å². The molecule has 3 aromatic carbocycles. The van der Waals surface area contributed by atoms with Crippen LogP contribution in [-0.4, -0.2) is 36.4 Å². The number of benzene rings is 3. The molecule has 0 aliphatic carbocycles. The van der Waals surface area contributed by atoms with Gasteiger partial charge in [0.05, 0.1) is 0 Å². The van der Waals surface area contributed by atoms with Crippen LogP contribution < -0.4 is 10.6 Å². The highest BCUT2D eigenvalue weighted by molar-refractivity contribution is 5.98. The van der Waals surface area contributed by atoms with Crippen LogP contribution in [0.4, 0.5) is 5.69 Å². The molecule has 3 N–H and O–H groups in total. The number of carbonyl (C=O) groups is 3. The maximum Gasteiger partial charge on any atom is 0.326 e. The minimum absolute atomic E-state index is 0.180. The normalized spacial score (nSPS) is 10.7. The largest absolute Gasteiger partial charge is 0.480 e. The van der Waals surface area contributed by atoms with Gasteiger partial charge in [0.25, 0.3) is 5.91 Å². The number of hydrogen-bond donors (Lipinski definition) is 3. The Morgan fingerprint density at radius 2 is 1.46 bits per heavy atom. The Morgan fingerprint density at radius 1 is 0.892 bits per heavy atom. The molecule has 0 aliphatic heterocycles. The van der Waals surface area contributed by atoms with E-state index in [-0.39, 0.29) is 18.2 Å². The predicted octanol–water partition coefficient (Wildman–Crippen LogP) is 6.42. The van der Waals surface area contributed by atoms with Gasteiger partial charge in [-0.15, -0.1) is 0 Å². The quantitative estimate of drug-likeness (QED) is 0.308. The van der Waals surface area contributed by atoms with Crippen LogP contribution in [0.1, 0.15) is 76.6 Å². The standard InChI is InChI=1S/C20H24N2O3.C9H10O.C2H6/c1-13(2)16-6-4-5-7-17(16)19(23)22-18(20(24)25)12-14-8-10-15(21-3)11-9-14;1-7-4-3-5-8(2)9(7)6-10;1-2/h4-11,13,18,21H,12H2,1-3H3,(H,22,23)(H,24,25);3-6H,1-2H3;1-2H3. The third kappa shape index (κ3) is 9.56. The number of aldehydes is 1. The Balaban J connectivity index is 0.000000475. The van der Waals surface area contributed by atoms with E-state index < -0.39 is 12.0 Å². The first-order chi connectivity index (χ1) is 17.7. The zero-order valence-electron chi connectivity index (χ0n) is 23.0. The molecule has 1 amide bonds. The molecule has 6 nitrogen and oxygen atoms in total. The summed E-state index contributed by atoms with van der Waals surface area (Å²) in [4.78, 5) is 34.6. The summed E-state index contributed by atoms with van der Waals surface area (Å²) >= 11 is 0. The molecule has 0 fully saturated rings. The van der Waals surface area contributed by atoms with Gasteiger partial charge in [-0.25, -0.2) is 4.79 Å². The van der Waals surface area contributed by atoms with E-state index in [1.807, 2.05) is 103 Å². The first-order valence-electron chi connectivity index (χ1n) is 12.6. The summed E-state index contributed by atoms with van der Waals surface area (Å²) in [6.45, 7) is 11.9. The lowest BCUT2D eigenvalue weighted by molar-refractivity contribution is -0.139. The van der Waals surface area contributed by atoms with Crippen molar-refractivity contribution in [2.24, 2.45) is 0 Å². The molecule has 6 heteroatoms. The van der Waals surface area contributed by atoms with Crippen molar-refractivity contribution in [3.63, 3.8) is 0 Å². The van der Waals surface area contributed by atoms with Crippen LogP contribution in [0, 0.1) is 13.8 Å². The van der Waals surface area contributed by atoms with E-state index in [9.17, 15) is 19.5 Å². The van der Waals surface area contributed by atoms with Gasteiger partial charge < -0.3 is 15.7 Å². The second-order valence-corrected chi connectivity index (χ2v) is 8.68. The van der Waals surface area contributed by atoms with Crippen LogP contribution in [0.3, 0.4) is 0 Å². The van der Waals surface area contributed by atoms with E-state index in [0.717, 1.165) is 39.8 Å². The van der Waals surface area contributed by atoms with Gasteiger partial charge >= 0.3 is 5.97 Å². The maximum atomic E-state index is 12.6. The summed E-state index contributed by atoms with van der Waals surface area (Å²) in [5.74, 6) is -1.23. The minimum Gasteiger partial charge on any atom is -0.480 e. The molecule has 0 bridgehead atoms. The molecule has 0 radical (unpaired) electrons. The van der Waals surface area contributed by atoms with Crippen molar-refractivity contribution in [1.29, 1.82) is 0 Å². The number of carboxylic acid groups (broad SMARTS) is 1. The van der Waals surface area contributed by atoms with E-state index in [2.05, 4.69) is 10.6 Å².